The Bertz CT molecular complexity index is 1100. The standard InChI is InChI=1S/C22H17ClN2O2/c1-14-9-18(10-19(13-24)16-5-3-7-20(23)11-16)15(2)25(14)21-8-4-6-17(12-21)22(26)27/h3-12H,1-2H3,(H,26,27). The van der Waals surface area contributed by atoms with E-state index >= 15 is 0 Å². The molecule has 2 aromatic carbocycles. The molecule has 0 bridgehead atoms. The summed E-state index contributed by atoms with van der Waals surface area (Å²) in [5.74, 6) is -0.966. The van der Waals surface area contributed by atoms with Crippen LogP contribution in [0.15, 0.2) is 54.6 Å². The zero-order valence-corrected chi connectivity index (χ0v) is 15.7. The molecule has 0 aliphatic heterocycles. The van der Waals surface area contributed by atoms with Crippen molar-refractivity contribution in [1.82, 2.24) is 4.57 Å². The molecule has 0 atom stereocenters. The van der Waals surface area contributed by atoms with Crippen LogP contribution in [0.25, 0.3) is 17.3 Å². The molecule has 0 fully saturated rings. The van der Waals surface area contributed by atoms with Crippen molar-refractivity contribution in [2.24, 2.45) is 0 Å². The van der Waals surface area contributed by atoms with Crippen LogP contribution in [0.3, 0.4) is 0 Å². The highest BCUT2D eigenvalue weighted by molar-refractivity contribution is 6.30. The van der Waals surface area contributed by atoms with E-state index in [4.69, 9.17) is 11.6 Å². The molecular formula is C22H17ClN2O2. The average molecular weight is 377 g/mol. The Balaban J connectivity index is 2.10. The van der Waals surface area contributed by atoms with Crippen molar-refractivity contribution < 1.29 is 9.90 Å². The third-order valence-electron chi connectivity index (χ3n) is 4.38. The van der Waals surface area contributed by atoms with Crippen LogP contribution in [-0.2, 0) is 0 Å². The van der Waals surface area contributed by atoms with Crippen molar-refractivity contribution in [1.29, 1.82) is 5.26 Å². The van der Waals surface area contributed by atoms with E-state index in [9.17, 15) is 15.2 Å². The predicted molar refractivity (Wildman–Crippen MR) is 107 cm³/mol. The van der Waals surface area contributed by atoms with E-state index in [0.29, 0.717) is 10.6 Å². The molecule has 3 aromatic rings. The van der Waals surface area contributed by atoms with Crippen molar-refractivity contribution in [3.8, 4) is 11.8 Å². The van der Waals surface area contributed by atoms with Crippen LogP contribution in [0, 0.1) is 25.2 Å². The van der Waals surface area contributed by atoms with Crippen molar-refractivity contribution in [3.05, 3.63) is 87.7 Å². The van der Waals surface area contributed by atoms with Crippen molar-refractivity contribution in [2.75, 3.05) is 0 Å². The van der Waals surface area contributed by atoms with Crippen molar-refractivity contribution in [2.45, 2.75) is 13.8 Å². The molecule has 0 saturated carbocycles. The third kappa shape index (κ3) is 3.79. The topological polar surface area (TPSA) is 66.0 Å². The van der Waals surface area contributed by atoms with E-state index < -0.39 is 5.97 Å². The molecule has 0 aliphatic rings. The van der Waals surface area contributed by atoms with Gasteiger partial charge in [-0.1, -0.05) is 29.8 Å². The van der Waals surface area contributed by atoms with E-state index in [0.717, 1.165) is 28.2 Å². The zero-order chi connectivity index (χ0) is 19.6. The van der Waals surface area contributed by atoms with Crippen molar-refractivity contribution in [3.63, 3.8) is 0 Å². The highest BCUT2D eigenvalue weighted by Gasteiger charge is 2.12. The van der Waals surface area contributed by atoms with Gasteiger partial charge in [0.1, 0.15) is 0 Å². The molecule has 0 unspecified atom stereocenters. The molecule has 5 heteroatoms. The summed E-state index contributed by atoms with van der Waals surface area (Å²) in [5.41, 5.74) is 5.03. The van der Waals surface area contributed by atoms with Crippen LogP contribution in [0.5, 0.6) is 0 Å². The fourth-order valence-corrected chi connectivity index (χ4v) is 3.29. The van der Waals surface area contributed by atoms with Gasteiger partial charge in [0, 0.05) is 22.1 Å². The lowest BCUT2D eigenvalue weighted by Gasteiger charge is -2.10. The summed E-state index contributed by atoms with van der Waals surface area (Å²) in [6.45, 7) is 3.89. The van der Waals surface area contributed by atoms with Crippen LogP contribution < -0.4 is 0 Å². The molecule has 1 heterocycles. The van der Waals surface area contributed by atoms with E-state index in [1.54, 1.807) is 30.3 Å². The maximum Gasteiger partial charge on any atom is 0.335 e. The lowest BCUT2D eigenvalue weighted by Crippen LogP contribution is -2.02. The first-order chi connectivity index (χ1) is 12.9. The maximum absolute atomic E-state index is 11.3. The summed E-state index contributed by atoms with van der Waals surface area (Å²) in [4.78, 5) is 11.3. The number of allylic oxidation sites excluding steroid dienone is 1. The number of hydrogen-bond acceptors (Lipinski definition) is 2. The predicted octanol–water partition coefficient (Wildman–Crippen LogP) is 5.51. The average Bonchev–Trinajstić information content (AvgIpc) is 2.93. The van der Waals surface area contributed by atoms with Gasteiger partial charge in [0.05, 0.1) is 17.2 Å². The van der Waals surface area contributed by atoms with Gasteiger partial charge in [-0.2, -0.15) is 5.26 Å². The summed E-state index contributed by atoms with van der Waals surface area (Å²) in [7, 11) is 0. The monoisotopic (exact) mass is 376 g/mol. The van der Waals surface area contributed by atoms with Crippen LogP contribution in [0.1, 0.15) is 32.9 Å². The van der Waals surface area contributed by atoms with Crippen LogP contribution in [-0.4, -0.2) is 15.6 Å². The number of halogens is 1. The Morgan fingerprint density at radius 2 is 1.81 bits per heavy atom. The summed E-state index contributed by atoms with van der Waals surface area (Å²) in [6.07, 6.45) is 1.82. The van der Waals surface area contributed by atoms with E-state index in [-0.39, 0.29) is 5.56 Å². The highest BCUT2D eigenvalue weighted by atomic mass is 35.5. The summed E-state index contributed by atoms with van der Waals surface area (Å²) >= 11 is 6.04. The number of aryl methyl sites for hydroxylation is 1. The summed E-state index contributed by atoms with van der Waals surface area (Å²) in [5, 5.41) is 19.4. The van der Waals surface area contributed by atoms with Gasteiger partial charge in [-0.15, -0.1) is 0 Å². The molecule has 3 rings (SSSR count). The Labute approximate surface area is 162 Å². The normalized spacial score (nSPS) is 11.3. The summed E-state index contributed by atoms with van der Waals surface area (Å²) in [6, 6.07) is 18.2. The van der Waals surface area contributed by atoms with Gasteiger partial charge >= 0.3 is 5.97 Å². The molecular weight excluding hydrogens is 360 g/mol. The minimum Gasteiger partial charge on any atom is -0.478 e. The number of nitrogens with zero attached hydrogens (tertiary/aromatic N) is 2. The molecule has 0 aliphatic carbocycles. The zero-order valence-electron chi connectivity index (χ0n) is 14.9. The molecule has 4 nitrogen and oxygen atoms in total. The second-order valence-electron chi connectivity index (χ2n) is 6.20. The maximum atomic E-state index is 11.3. The molecule has 0 radical (unpaired) electrons. The van der Waals surface area contributed by atoms with E-state index in [1.807, 2.05) is 48.8 Å². The van der Waals surface area contributed by atoms with Gasteiger partial charge in [0.25, 0.3) is 0 Å². The first kappa shape index (κ1) is 18.5. The van der Waals surface area contributed by atoms with Gasteiger partial charge in [0.15, 0.2) is 0 Å². The molecule has 0 spiro atoms. The first-order valence-corrected chi connectivity index (χ1v) is 8.69. The molecule has 0 saturated heterocycles. The quantitative estimate of drug-likeness (QED) is 0.610. The molecule has 1 N–H and O–H groups in total. The largest absolute Gasteiger partial charge is 0.478 e. The Morgan fingerprint density at radius 3 is 2.48 bits per heavy atom. The van der Waals surface area contributed by atoms with E-state index in [1.165, 1.54) is 0 Å². The molecule has 1 aromatic heterocycles. The SMILES string of the molecule is Cc1cc(C=C(C#N)c2cccc(Cl)c2)c(C)n1-c1cccc(C(=O)O)c1. The van der Waals surface area contributed by atoms with Gasteiger partial charge in [0.2, 0.25) is 0 Å². The number of aromatic nitrogens is 1. The number of benzene rings is 2. The first-order valence-electron chi connectivity index (χ1n) is 8.31. The minimum atomic E-state index is -0.966. The van der Waals surface area contributed by atoms with Gasteiger partial charge in [-0.3, -0.25) is 0 Å². The van der Waals surface area contributed by atoms with Crippen LogP contribution >= 0.6 is 11.6 Å². The smallest absolute Gasteiger partial charge is 0.335 e. The molecule has 27 heavy (non-hydrogen) atoms. The van der Waals surface area contributed by atoms with Crippen LogP contribution in [0.2, 0.25) is 5.02 Å². The van der Waals surface area contributed by atoms with Crippen molar-refractivity contribution >= 4 is 29.2 Å². The fourth-order valence-electron chi connectivity index (χ4n) is 3.10. The second-order valence-corrected chi connectivity index (χ2v) is 6.63. The molecule has 0 amide bonds. The number of aromatic carboxylic acids is 1. The van der Waals surface area contributed by atoms with Gasteiger partial charge in [-0.05, 0) is 67.4 Å². The van der Waals surface area contributed by atoms with Crippen LogP contribution in [0.4, 0.5) is 0 Å². The number of carboxylic acid groups (broad SMARTS) is 1. The third-order valence-corrected chi connectivity index (χ3v) is 4.61. The lowest BCUT2D eigenvalue weighted by molar-refractivity contribution is 0.0697. The Morgan fingerprint density at radius 1 is 1.11 bits per heavy atom. The molecule has 134 valence electrons. The number of hydrogen-bond donors (Lipinski definition) is 1. The highest BCUT2D eigenvalue weighted by Crippen LogP contribution is 2.26. The number of carbonyl (C=O) groups is 1. The van der Waals surface area contributed by atoms with E-state index in [2.05, 4.69) is 6.07 Å². The number of nitriles is 1. The minimum absolute atomic E-state index is 0.230. The summed E-state index contributed by atoms with van der Waals surface area (Å²) < 4.78 is 1.98. The second kappa shape index (κ2) is 7.53. The Hall–Kier alpha value is -3.29. The van der Waals surface area contributed by atoms with Gasteiger partial charge in [-0.25, -0.2) is 4.79 Å². The number of carboxylic acids is 1. The fraction of sp³-hybridized carbons (Fsp3) is 0.0909. The lowest BCUT2D eigenvalue weighted by atomic mass is 10.0. The van der Waals surface area contributed by atoms with Gasteiger partial charge < -0.3 is 9.67 Å². The number of rotatable bonds is 4. The Kier molecular flexibility index (Phi) is 5.16.